The topological polar surface area (TPSA) is 356 Å². The quantitative estimate of drug-likeness (QED) is 0.0205. The van der Waals surface area contributed by atoms with Gasteiger partial charge in [0.2, 0.25) is 35.4 Å². The molecule has 0 aliphatic carbocycles. The Bertz CT molecular complexity index is 2060. The number of para-hydroxylation sites is 1. The van der Waals surface area contributed by atoms with Crippen LogP contribution in [0.1, 0.15) is 70.0 Å². The molecular weight excluding hydrogens is 803 g/mol. The van der Waals surface area contributed by atoms with Crippen LogP contribution in [0.15, 0.2) is 64.7 Å². The molecule has 16 N–H and O–H groups in total. The Morgan fingerprint density at radius 1 is 0.742 bits per heavy atom. The van der Waals surface area contributed by atoms with E-state index in [0.29, 0.717) is 34.7 Å². The fraction of sp³-hybridized carbons (Fsp3) is 0.439. The Balaban J connectivity index is 1.84. The van der Waals surface area contributed by atoms with Gasteiger partial charge in [-0.3, -0.25) is 38.8 Å². The number of nitrogens with zero attached hydrogens (tertiary/aromatic N) is 2. The van der Waals surface area contributed by atoms with Crippen molar-refractivity contribution in [2.45, 2.75) is 89.5 Å². The van der Waals surface area contributed by atoms with Gasteiger partial charge in [-0.15, -0.1) is 0 Å². The molecule has 1 heterocycles. The van der Waals surface area contributed by atoms with E-state index in [1.54, 1.807) is 42.6 Å². The van der Waals surface area contributed by atoms with Crippen molar-refractivity contribution in [1.82, 2.24) is 36.9 Å². The van der Waals surface area contributed by atoms with Crippen molar-refractivity contribution >= 4 is 64.6 Å². The molecule has 2 aromatic carbocycles. The molecule has 0 aliphatic heterocycles. The minimum Gasteiger partial charge on any atom is -0.508 e. The lowest BCUT2D eigenvalue weighted by atomic mass is 10.0. The standard InChI is InChI=1S/C41H59N13O8/c1-23(2)18-26(22-55)51-37(60)32(11-7-17-47-41(44)45)52-34(58)21-49-36(59)31(10-6-16-46-40(42)43)53-38(61)33(19-25-12-14-27(57)15-13-25)54-39(62)35(50-24(3)56)29-20-48-30-9-5-4-8-28(29)30/h4-5,8-9,12-15,20,22-23,26,31-33,35,48,57H,6-7,10-11,16-19,21H2,1-3H3,(H,49,59)(H,50,56)(H,51,60)(H,52,58)(H,53,61)(H,54,62)(H4,42,43,46)(H4,44,45,47)/t26-,31-,32-,33-,35-/m0/s1. The summed E-state index contributed by atoms with van der Waals surface area (Å²) in [5.41, 5.74) is 23.5. The van der Waals surface area contributed by atoms with Gasteiger partial charge in [-0.05, 0) is 61.8 Å². The number of aromatic nitrogens is 1. The summed E-state index contributed by atoms with van der Waals surface area (Å²) in [4.78, 5) is 103. The van der Waals surface area contributed by atoms with Gasteiger partial charge >= 0.3 is 0 Å². The Morgan fingerprint density at radius 2 is 1.32 bits per heavy atom. The third kappa shape index (κ3) is 16.8. The van der Waals surface area contributed by atoms with Crippen molar-refractivity contribution < 1.29 is 38.7 Å². The average Bonchev–Trinajstić information content (AvgIpc) is 3.64. The maximum atomic E-state index is 14.2. The molecule has 336 valence electrons. The SMILES string of the molecule is CC(=O)N[C@H](C(=O)N[C@@H](Cc1ccc(O)cc1)C(=O)N[C@@H](CCCN=C(N)N)C(=O)NCC(=O)N[C@@H](CCCN=C(N)N)C(=O)N[C@H](C=O)CC(C)C)c1c[nH]c2ccccc12. The van der Waals surface area contributed by atoms with Crippen LogP contribution in [0.25, 0.3) is 10.9 Å². The van der Waals surface area contributed by atoms with Gasteiger partial charge in [0.25, 0.3) is 0 Å². The zero-order valence-electron chi connectivity index (χ0n) is 35.1. The van der Waals surface area contributed by atoms with Gasteiger partial charge in [0.05, 0.1) is 12.6 Å². The lowest BCUT2D eigenvalue weighted by Gasteiger charge is -2.25. The Hall–Kier alpha value is -7.19. The highest BCUT2D eigenvalue weighted by Crippen LogP contribution is 2.25. The number of nitrogens with two attached hydrogens (primary N) is 4. The van der Waals surface area contributed by atoms with Crippen molar-refractivity contribution in [1.29, 1.82) is 0 Å². The largest absolute Gasteiger partial charge is 0.508 e. The van der Waals surface area contributed by atoms with Crippen molar-refractivity contribution in [3.8, 4) is 5.75 Å². The normalized spacial score (nSPS) is 13.3. The van der Waals surface area contributed by atoms with Crippen LogP contribution in [0.2, 0.25) is 0 Å². The number of carbonyl (C=O) groups is 7. The van der Waals surface area contributed by atoms with Gasteiger partial charge in [-0.2, -0.15) is 0 Å². The van der Waals surface area contributed by atoms with Crippen molar-refractivity contribution in [3.05, 3.63) is 65.9 Å². The number of aromatic hydroxyl groups is 1. The molecule has 0 spiro atoms. The minimum absolute atomic E-state index is 0.0154. The highest BCUT2D eigenvalue weighted by molar-refractivity contribution is 5.98. The van der Waals surface area contributed by atoms with E-state index >= 15 is 0 Å². The number of hydrogen-bond donors (Lipinski definition) is 12. The van der Waals surface area contributed by atoms with E-state index in [1.807, 2.05) is 13.8 Å². The molecule has 0 unspecified atom stereocenters. The fourth-order valence-corrected chi connectivity index (χ4v) is 6.45. The van der Waals surface area contributed by atoms with E-state index in [4.69, 9.17) is 22.9 Å². The first-order valence-electron chi connectivity index (χ1n) is 20.1. The van der Waals surface area contributed by atoms with Gasteiger partial charge < -0.3 is 69.7 Å². The number of guanidine groups is 2. The predicted octanol–water partition coefficient (Wildman–Crippen LogP) is -1.30. The minimum atomic E-state index is -1.33. The molecule has 0 aliphatic rings. The van der Waals surface area contributed by atoms with Crippen LogP contribution in [0.5, 0.6) is 5.75 Å². The highest BCUT2D eigenvalue weighted by atomic mass is 16.3. The summed E-state index contributed by atoms with van der Waals surface area (Å²) in [7, 11) is 0. The van der Waals surface area contributed by atoms with Crippen LogP contribution in [0.3, 0.4) is 0 Å². The lowest BCUT2D eigenvalue weighted by Crippen LogP contribution is -2.56. The Morgan fingerprint density at radius 3 is 1.90 bits per heavy atom. The number of aldehydes is 1. The first-order valence-corrected chi connectivity index (χ1v) is 20.1. The third-order valence-corrected chi connectivity index (χ3v) is 9.37. The number of carbonyl (C=O) groups excluding carboxylic acids is 7. The van der Waals surface area contributed by atoms with Crippen molar-refractivity contribution in [2.24, 2.45) is 38.8 Å². The number of phenols is 1. The van der Waals surface area contributed by atoms with Crippen LogP contribution < -0.4 is 54.8 Å². The molecule has 0 saturated carbocycles. The lowest BCUT2D eigenvalue weighted by molar-refractivity contribution is -0.134. The molecule has 1 aromatic heterocycles. The van der Waals surface area contributed by atoms with Crippen molar-refractivity contribution in [2.75, 3.05) is 19.6 Å². The van der Waals surface area contributed by atoms with E-state index in [-0.39, 0.29) is 68.8 Å². The van der Waals surface area contributed by atoms with E-state index in [9.17, 15) is 38.7 Å². The number of benzene rings is 2. The summed E-state index contributed by atoms with van der Waals surface area (Å²) in [6.45, 7) is 4.67. The molecule has 3 aromatic rings. The number of nitrogens with one attached hydrogen (secondary N) is 7. The van der Waals surface area contributed by atoms with Gasteiger partial charge in [-0.1, -0.05) is 44.2 Å². The van der Waals surface area contributed by atoms with Crippen LogP contribution in [0.4, 0.5) is 0 Å². The third-order valence-electron chi connectivity index (χ3n) is 9.37. The highest BCUT2D eigenvalue weighted by Gasteiger charge is 2.32. The second-order valence-corrected chi connectivity index (χ2v) is 15.0. The summed E-state index contributed by atoms with van der Waals surface area (Å²) < 4.78 is 0. The van der Waals surface area contributed by atoms with Crippen LogP contribution >= 0.6 is 0 Å². The summed E-state index contributed by atoms with van der Waals surface area (Å²) in [5, 5.41) is 26.3. The molecule has 21 nitrogen and oxygen atoms in total. The Labute approximate surface area is 359 Å². The number of H-pyrrole nitrogens is 1. The fourth-order valence-electron chi connectivity index (χ4n) is 6.45. The average molecular weight is 862 g/mol. The number of hydrogen-bond acceptors (Lipinski definition) is 10. The number of amides is 6. The zero-order chi connectivity index (χ0) is 45.8. The van der Waals surface area contributed by atoms with Gasteiger partial charge in [0.15, 0.2) is 11.9 Å². The summed E-state index contributed by atoms with van der Waals surface area (Å²) in [6, 6.07) is 7.34. The molecule has 0 bridgehead atoms. The number of aliphatic imine (C=N–C) groups is 2. The van der Waals surface area contributed by atoms with E-state index in [2.05, 4.69) is 46.9 Å². The molecule has 5 atom stereocenters. The van der Waals surface area contributed by atoms with E-state index in [1.165, 1.54) is 19.1 Å². The van der Waals surface area contributed by atoms with Gasteiger partial charge in [-0.25, -0.2) is 0 Å². The first-order chi connectivity index (χ1) is 29.5. The molecule has 62 heavy (non-hydrogen) atoms. The zero-order valence-corrected chi connectivity index (χ0v) is 35.1. The molecule has 0 saturated heterocycles. The second kappa shape index (κ2) is 24.8. The van der Waals surface area contributed by atoms with Crippen LogP contribution in [-0.2, 0) is 40.0 Å². The molecule has 0 radical (unpaired) electrons. The molecule has 0 fully saturated rings. The van der Waals surface area contributed by atoms with E-state index < -0.39 is 72.2 Å². The Kier molecular flexibility index (Phi) is 19.7. The summed E-state index contributed by atoms with van der Waals surface area (Å²) in [5.74, 6) is -4.46. The van der Waals surface area contributed by atoms with Gasteiger partial charge in [0.1, 0.15) is 36.2 Å². The predicted molar refractivity (Wildman–Crippen MR) is 233 cm³/mol. The maximum Gasteiger partial charge on any atom is 0.247 e. The smallest absolute Gasteiger partial charge is 0.247 e. The number of aromatic amines is 1. The van der Waals surface area contributed by atoms with Gasteiger partial charge in [0, 0.05) is 49.1 Å². The molecule has 21 heteroatoms. The van der Waals surface area contributed by atoms with Crippen LogP contribution in [-0.4, -0.2) is 108 Å². The summed E-state index contributed by atoms with van der Waals surface area (Å²) >= 11 is 0. The first kappa shape index (κ1) is 49.2. The second-order valence-electron chi connectivity index (χ2n) is 15.0. The van der Waals surface area contributed by atoms with Crippen LogP contribution in [0, 0.1) is 5.92 Å². The molecule has 6 amide bonds. The molecule has 3 rings (SSSR count). The number of fused-ring (bicyclic) bond motifs is 1. The number of phenolic OH excluding ortho intramolecular Hbond substituents is 1. The van der Waals surface area contributed by atoms with Crippen molar-refractivity contribution in [3.63, 3.8) is 0 Å². The number of rotatable bonds is 25. The summed E-state index contributed by atoms with van der Waals surface area (Å²) in [6.07, 6.45) is 3.04. The monoisotopic (exact) mass is 861 g/mol. The van der Waals surface area contributed by atoms with E-state index in [0.717, 1.165) is 0 Å². The maximum absolute atomic E-state index is 14.2. The molecular formula is C41H59N13O8.